The van der Waals surface area contributed by atoms with Gasteiger partial charge < -0.3 is 14.7 Å². The Morgan fingerprint density at radius 1 is 1.54 bits per heavy atom. The predicted octanol–water partition coefficient (Wildman–Crippen LogP) is 1.09. The number of carbonyl (C=O) groups excluding carboxylic acids is 1. The van der Waals surface area contributed by atoms with Gasteiger partial charge in [-0.1, -0.05) is 13.8 Å². The van der Waals surface area contributed by atoms with Crippen LogP contribution in [-0.4, -0.2) is 42.4 Å². The Hall–Kier alpha value is -0.770. The zero-order valence-electron chi connectivity index (χ0n) is 8.62. The molecule has 0 aromatic heterocycles. The third-order valence-electron chi connectivity index (χ3n) is 1.55. The molecule has 0 aliphatic rings. The van der Waals surface area contributed by atoms with Gasteiger partial charge in [0, 0.05) is 13.1 Å². The first-order valence-electron chi connectivity index (χ1n) is 4.64. The number of likely N-dealkylation sites (N-methyl/N-ethyl adjacent to an activating group) is 1. The third-order valence-corrected chi connectivity index (χ3v) is 1.55. The van der Waals surface area contributed by atoms with Crippen LogP contribution in [0.2, 0.25) is 0 Å². The lowest BCUT2D eigenvalue weighted by atomic mass is 10.2. The van der Waals surface area contributed by atoms with Crippen LogP contribution in [0.25, 0.3) is 0 Å². The highest BCUT2D eigenvalue weighted by molar-refractivity contribution is 5.67. The molecule has 0 radical (unpaired) electrons. The van der Waals surface area contributed by atoms with E-state index >= 15 is 0 Å². The maximum absolute atomic E-state index is 11.3. The average molecular weight is 189 g/mol. The second-order valence-corrected chi connectivity index (χ2v) is 3.27. The molecule has 0 saturated carbocycles. The van der Waals surface area contributed by atoms with Gasteiger partial charge in [0.25, 0.3) is 0 Å². The van der Waals surface area contributed by atoms with Crippen molar-refractivity contribution in [3.63, 3.8) is 0 Å². The molecule has 0 spiro atoms. The SMILES string of the molecule is CCN(CCO)C(=O)OCC(C)C. The summed E-state index contributed by atoms with van der Waals surface area (Å²) in [4.78, 5) is 12.7. The molecule has 0 atom stereocenters. The molecule has 1 amide bonds. The van der Waals surface area contributed by atoms with Gasteiger partial charge in [0.05, 0.1) is 13.2 Å². The molecular formula is C9H19NO3. The van der Waals surface area contributed by atoms with Gasteiger partial charge in [-0.05, 0) is 12.8 Å². The van der Waals surface area contributed by atoms with Gasteiger partial charge in [0.15, 0.2) is 0 Å². The summed E-state index contributed by atoms with van der Waals surface area (Å²) in [6.45, 7) is 7.13. The molecule has 13 heavy (non-hydrogen) atoms. The molecule has 0 saturated heterocycles. The fraction of sp³-hybridized carbons (Fsp3) is 0.889. The number of hydrogen-bond donors (Lipinski definition) is 1. The van der Waals surface area contributed by atoms with Crippen LogP contribution < -0.4 is 0 Å². The first-order chi connectivity index (χ1) is 6.11. The van der Waals surface area contributed by atoms with Gasteiger partial charge in [-0.2, -0.15) is 0 Å². The molecule has 0 aromatic rings. The van der Waals surface area contributed by atoms with Crippen molar-refractivity contribution in [1.29, 1.82) is 0 Å². The largest absolute Gasteiger partial charge is 0.449 e. The van der Waals surface area contributed by atoms with Crippen LogP contribution in [0.3, 0.4) is 0 Å². The van der Waals surface area contributed by atoms with Crippen LogP contribution in [-0.2, 0) is 4.74 Å². The smallest absolute Gasteiger partial charge is 0.409 e. The summed E-state index contributed by atoms with van der Waals surface area (Å²) < 4.78 is 4.98. The van der Waals surface area contributed by atoms with Crippen molar-refractivity contribution in [2.75, 3.05) is 26.3 Å². The molecule has 0 aliphatic heterocycles. The van der Waals surface area contributed by atoms with Gasteiger partial charge in [-0.15, -0.1) is 0 Å². The first kappa shape index (κ1) is 12.2. The highest BCUT2D eigenvalue weighted by Crippen LogP contribution is 1.97. The molecule has 4 nitrogen and oxygen atoms in total. The van der Waals surface area contributed by atoms with E-state index in [0.717, 1.165) is 0 Å². The lowest BCUT2D eigenvalue weighted by Gasteiger charge is -2.19. The van der Waals surface area contributed by atoms with E-state index in [1.54, 1.807) is 0 Å². The molecule has 0 heterocycles. The topological polar surface area (TPSA) is 49.8 Å². The van der Waals surface area contributed by atoms with Gasteiger partial charge >= 0.3 is 6.09 Å². The predicted molar refractivity (Wildman–Crippen MR) is 50.5 cm³/mol. The van der Waals surface area contributed by atoms with Gasteiger partial charge in [0.1, 0.15) is 0 Å². The molecule has 78 valence electrons. The van der Waals surface area contributed by atoms with Gasteiger partial charge in [-0.25, -0.2) is 4.79 Å². The molecule has 1 N–H and O–H groups in total. The molecule has 0 bridgehead atoms. The van der Waals surface area contributed by atoms with Crippen LogP contribution in [0.15, 0.2) is 0 Å². The Kier molecular flexibility index (Phi) is 6.32. The summed E-state index contributed by atoms with van der Waals surface area (Å²) >= 11 is 0. The van der Waals surface area contributed by atoms with Crippen molar-refractivity contribution in [3.05, 3.63) is 0 Å². The Morgan fingerprint density at radius 3 is 2.54 bits per heavy atom. The molecule has 0 fully saturated rings. The minimum Gasteiger partial charge on any atom is -0.449 e. The fourth-order valence-electron chi connectivity index (χ4n) is 0.828. The number of aliphatic hydroxyl groups is 1. The molecule has 4 heteroatoms. The minimum atomic E-state index is -0.342. The third kappa shape index (κ3) is 5.47. The lowest BCUT2D eigenvalue weighted by Crippen LogP contribution is -2.34. The summed E-state index contributed by atoms with van der Waals surface area (Å²) in [5, 5.41) is 8.64. The van der Waals surface area contributed by atoms with Crippen LogP contribution in [0.1, 0.15) is 20.8 Å². The number of carbonyl (C=O) groups is 1. The van der Waals surface area contributed by atoms with Crippen molar-refractivity contribution in [1.82, 2.24) is 4.90 Å². The Morgan fingerprint density at radius 2 is 2.15 bits per heavy atom. The van der Waals surface area contributed by atoms with Crippen LogP contribution in [0.5, 0.6) is 0 Å². The Bertz CT molecular complexity index is 148. The van der Waals surface area contributed by atoms with Gasteiger partial charge in [0.2, 0.25) is 0 Å². The Labute approximate surface area is 79.5 Å². The van der Waals surface area contributed by atoms with E-state index in [1.807, 2.05) is 20.8 Å². The number of hydrogen-bond acceptors (Lipinski definition) is 3. The van der Waals surface area contributed by atoms with E-state index in [4.69, 9.17) is 9.84 Å². The molecule has 0 aliphatic carbocycles. The second-order valence-electron chi connectivity index (χ2n) is 3.27. The van der Waals surface area contributed by atoms with E-state index < -0.39 is 0 Å². The van der Waals surface area contributed by atoms with Crippen LogP contribution in [0, 0.1) is 5.92 Å². The van der Waals surface area contributed by atoms with E-state index in [0.29, 0.717) is 25.6 Å². The van der Waals surface area contributed by atoms with Crippen molar-refractivity contribution in [3.8, 4) is 0 Å². The quantitative estimate of drug-likeness (QED) is 0.704. The summed E-state index contributed by atoms with van der Waals surface area (Å²) in [5.74, 6) is 0.344. The zero-order valence-corrected chi connectivity index (χ0v) is 8.62. The monoisotopic (exact) mass is 189 g/mol. The molecule has 0 aromatic carbocycles. The molecular weight excluding hydrogens is 170 g/mol. The number of amides is 1. The molecule has 0 rings (SSSR count). The van der Waals surface area contributed by atoms with E-state index in [9.17, 15) is 4.79 Å². The summed E-state index contributed by atoms with van der Waals surface area (Å²) in [5.41, 5.74) is 0. The Balaban J connectivity index is 3.77. The summed E-state index contributed by atoms with van der Waals surface area (Å²) in [6, 6.07) is 0. The number of rotatable bonds is 5. The molecule has 0 unspecified atom stereocenters. The van der Waals surface area contributed by atoms with Crippen molar-refractivity contribution >= 4 is 6.09 Å². The zero-order chi connectivity index (χ0) is 10.3. The normalized spacial score (nSPS) is 10.2. The lowest BCUT2D eigenvalue weighted by molar-refractivity contribution is 0.0869. The average Bonchev–Trinajstić information content (AvgIpc) is 2.10. The van der Waals surface area contributed by atoms with Gasteiger partial charge in [-0.3, -0.25) is 0 Å². The minimum absolute atomic E-state index is 0.0232. The highest BCUT2D eigenvalue weighted by Gasteiger charge is 2.12. The standard InChI is InChI=1S/C9H19NO3/c1-4-10(5-6-11)9(12)13-7-8(2)3/h8,11H,4-7H2,1-3H3. The van der Waals surface area contributed by atoms with Crippen LogP contribution >= 0.6 is 0 Å². The summed E-state index contributed by atoms with van der Waals surface area (Å²) in [6.07, 6.45) is -0.342. The van der Waals surface area contributed by atoms with E-state index in [2.05, 4.69) is 0 Å². The maximum atomic E-state index is 11.3. The van der Waals surface area contributed by atoms with Crippen LogP contribution in [0.4, 0.5) is 4.79 Å². The highest BCUT2D eigenvalue weighted by atomic mass is 16.6. The number of nitrogens with zero attached hydrogens (tertiary/aromatic N) is 1. The first-order valence-corrected chi connectivity index (χ1v) is 4.64. The fourth-order valence-corrected chi connectivity index (χ4v) is 0.828. The summed E-state index contributed by atoms with van der Waals surface area (Å²) in [7, 11) is 0. The van der Waals surface area contributed by atoms with Crippen molar-refractivity contribution in [2.45, 2.75) is 20.8 Å². The second kappa shape index (κ2) is 6.71. The number of aliphatic hydroxyl groups excluding tert-OH is 1. The number of ether oxygens (including phenoxy) is 1. The van der Waals surface area contributed by atoms with Crippen molar-refractivity contribution in [2.24, 2.45) is 5.92 Å². The maximum Gasteiger partial charge on any atom is 0.409 e. The van der Waals surface area contributed by atoms with Crippen molar-refractivity contribution < 1.29 is 14.6 Å². The van der Waals surface area contributed by atoms with E-state index in [1.165, 1.54) is 4.90 Å². The van der Waals surface area contributed by atoms with E-state index in [-0.39, 0.29) is 12.7 Å².